The molecule has 0 saturated carbocycles. The Bertz CT molecular complexity index is 1380. The summed E-state index contributed by atoms with van der Waals surface area (Å²) in [5, 5.41) is 14.6. The lowest BCUT2D eigenvalue weighted by Gasteiger charge is -2.13. The average molecular weight is 474 g/mol. The monoisotopic (exact) mass is 473 g/mol. The highest BCUT2D eigenvalue weighted by Crippen LogP contribution is 2.27. The Morgan fingerprint density at radius 1 is 1.06 bits per heavy atom. The molecule has 164 valence electrons. The molecule has 1 atom stereocenters. The van der Waals surface area contributed by atoms with Crippen LogP contribution < -0.4 is 5.32 Å². The van der Waals surface area contributed by atoms with E-state index in [1.807, 2.05) is 79.9 Å². The topological polar surface area (TPSA) is 57.8 Å². The number of rotatable bonds is 6. The molecule has 0 aliphatic heterocycles. The third-order valence-corrected chi connectivity index (χ3v) is 6.21. The molecule has 4 nitrogen and oxygen atoms in total. The van der Waals surface area contributed by atoms with E-state index in [2.05, 4.69) is 16.0 Å². The van der Waals surface area contributed by atoms with Gasteiger partial charge in [-0.2, -0.15) is 5.26 Å². The number of fused-ring (bicyclic) bond motifs is 1. The lowest BCUT2D eigenvalue weighted by molar-refractivity contribution is -0.117. The van der Waals surface area contributed by atoms with E-state index in [1.165, 1.54) is 0 Å². The molecule has 4 aromatic rings. The van der Waals surface area contributed by atoms with Crippen LogP contribution in [0.3, 0.4) is 0 Å². The number of carbonyl (C=O) groups is 1. The van der Waals surface area contributed by atoms with Crippen molar-refractivity contribution in [3.05, 3.63) is 111 Å². The number of nitrogens with one attached hydrogen (secondary N) is 1. The molecule has 1 aromatic heterocycles. The number of nitriles is 1. The second-order valence-electron chi connectivity index (χ2n) is 7.75. The average Bonchev–Trinajstić information content (AvgIpc) is 3.17. The van der Waals surface area contributed by atoms with E-state index in [0.717, 1.165) is 27.6 Å². The molecule has 1 N–H and O–H groups in total. The van der Waals surface area contributed by atoms with Gasteiger partial charge >= 0.3 is 0 Å². The van der Waals surface area contributed by atoms with Crippen LogP contribution in [0.1, 0.15) is 29.7 Å². The van der Waals surface area contributed by atoms with Crippen molar-refractivity contribution in [3.63, 3.8) is 0 Å². The molecule has 0 aliphatic carbocycles. The van der Waals surface area contributed by atoms with Crippen LogP contribution in [0.2, 0.25) is 10.0 Å². The highest BCUT2D eigenvalue weighted by Gasteiger charge is 2.15. The Kier molecular flexibility index (Phi) is 6.84. The smallest absolute Gasteiger partial charge is 0.262 e. The first kappa shape index (κ1) is 22.7. The highest BCUT2D eigenvalue weighted by molar-refractivity contribution is 6.42. The first-order chi connectivity index (χ1) is 16.0. The summed E-state index contributed by atoms with van der Waals surface area (Å²) in [6.07, 6.45) is 3.58. The summed E-state index contributed by atoms with van der Waals surface area (Å²) in [5.41, 5.74) is 3.81. The summed E-state index contributed by atoms with van der Waals surface area (Å²) < 4.78 is 2.07. The van der Waals surface area contributed by atoms with E-state index in [4.69, 9.17) is 23.2 Å². The van der Waals surface area contributed by atoms with Gasteiger partial charge in [0.15, 0.2) is 0 Å². The summed E-state index contributed by atoms with van der Waals surface area (Å²) in [6.45, 7) is 2.47. The second kappa shape index (κ2) is 9.95. The Morgan fingerprint density at radius 2 is 1.79 bits per heavy atom. The number of para-hydroxylation sites is 1. The van der Waals surface area contributed by atoms with Crippen molar-refractivity contribution in [2.45, 2.75) is 19.5 Å². The number of nitrogens with zero attached hydrogens (tertiary/aromatic N) is 2. The molecular weight excluding hydrogens is 453 g/mol. The maximum atomic E-state index is 12.8. The van der Waals surface area contributed by atoms with Gasteiger partial charge in [-0.25, -0.2) is 0 Å². The molecule has 33 heavy (non-hydrogen) atoms. The quantitative estimate of drug-likeness (QED) is 0.247. The molecule has 0 fully saturated rings. The summed E-state index contributed by atoms with van der Waals surface area (Å²) in [4.78, 5) is 12.8. The van der Waals surface area contributed by atoms with E-state index in [9.17, 15) is 10.1 Å². The molecule has 0 unspecified atom stereocenters. The number of carbonyl (C=O) groups excluding carboxylic acids is 1. The number of halogens is 2. The first-order valence-corrected chi connectivity index (χ1v) is 11.2. The van der Waals surface area contributed by atoms with Gasteiger partial charge in [0.05, 0.1) is 16.1 Å². The first-order valence-electron chi connectivity index (χ1n) is 10.5. The molecule has 0 saturated heterocycles. The van der Waals surface area contributed by atoms with Gasteiger partial charge in [0.2, 0.25) is 0 Å². The largest absolute Gasteiger partial charge is 0.345 e. The maximum absolute atomic E-state index is 12.8. The fourth-order valence-corrected chi connectivity index (χ4v) is 4.08. The van der Waals surface area contributed by atoms with Gasteiger partial charge in [0.1, 0.15) is 11.6 Å². The number of amides is 1. The van der Waals surface area contributed by atoms with Crippen LogP contribution in [0, 0.1) is 11.3 Å². The van der Waals surface area contributed by atoms with Gasteiger partial charge in [-0.05, 0) is 42.3 Å². The number of hydrogen-bond donors (Lipinski definition) is 1. The van der Waals surface area contributed by atoms with Crippen molar-refractivity contribution in [2.24, 2.45) is 0 Å². The molecule has 4 rings (SSSR count). The van der Waals surface area contributed by atoms with Gasteiger partial charge in [0.25, 0.3) is 5.91 Å². The normalized spacial score (nSPS) is 12.4. The molecule has 0 radical (unpaired) electrons. The van der Waals surface area contributed by atoms with Gasteiger partial charge in [0, 0.05) is 29.2 Å². The van der Waals surface area contributed by atoms with Crippen LogP contribution in [-0.2, 0) is 11.3 Å². The summed E-state index contributed by atoms with van der Waals surface area (Å²) >= 11 is 12.2. The van der Waals surface area contributed by atoms with Crippen LogP contribution in [0.5, 0.6) is 0 Å². The summed E-state index contributed by atoms with van der Waals surface area (Å²) in [5.74, 6) is -0.407. The Hall–Kier alpha value is -3.52. The van der Waals surface area contributed by atoms with E-state index >= 15 is 0 Å². The van der Waals surface area contributed by atoms with Gasteiger partial charge in [-0.15, -0.1) is 0 Å². The minimum atomic E-state index is -0.407. The second-order valence-corrected chi connectivity index (χ2v) is 8.57. The van der Waals surface area contributed by atoms with Gasteiger partial charge < -0.3 is 9.88 Å². The lowest BCUT2D eigenvalue weighted by Crippen LogP contribution is -2.27. The zero-order valence-corrected chi connectivity index (χ0v) is 19.4. The Labute approximate surface area is 202 Å². The number of aromatic nitrogens is 1. The zero-order chi connectivity index (χ0) is 23.4. The van der Waals surface area contributed by atoms with Crippen LogP contribution in [-0.4, -0.2) is 10.5 Å². The zero-order valence-electron chi connectivity index (χ0n) is 17.9. The summed E-state index contributed by atoms with van der Waals surface area (Å²) in [7, 11) is 0. The predicted octanol–water partition coefficient (Wildman–Crippen LogP) is 6.78. The lowest BCUT2D eigenvalue weighted by atomic mass is 10.1. The molecule has 1 heterocycles. The van der Waals surface area contributed by atoms with E-state index in [1.54, 1.807) is 12.1 Å². The SMILES string of the molecule is C[C@H](NC(=O)/C(C#N)=C/c1cn(Cc2ccc(Cl)c(Cl)c2)c2ccccc12)c1ccccc1. The standard InChI is InChI=1S/C27H21Cl2N3O/c1-18(20-7-3-2-4-8-20)31-27(33)21(15-30)14-22-17-32(26-10-6-5-9-23(22)26)16-19-11-12-24(28)25(29)13-19/h2-14,17-18H,16H2,1H3,(H,31,33)/b21-14+/t18-/m0/s1. The fourth-order valence-electron chi connectivity index (χ4n) is 3.76. The molecule has 6 heteroatoms. The van der Waals surface area contributed by atoms with Crippen molar-refractivity contribution in [1.29, 1.82) is 5.26 Å². The minimum absolute atomic E-state index is 0.0511. The van der Waals surface area contributed by atoms with Gasteiger partial charge in [-0.1, -0.05) is 77.8 Å². The predicted molar refractivity (Wildman–Crippen MR) is 134 cm³/mol. The van der Waals surface area contributed by atoms with Crippen molar-refractivity contribution in [3.8, 4) is 6.07 Å². The third-order valence-electron chi connectivity index (χ3n) is 5.47. The molecule has 3 aromatic carbocycles. The Morgan fingerprint density at radius 3 is 2.52 bits per heavy atom. The maximum Gasteiger partial charge on any atom is 0.262 e. The van der Waals surface area contributed by atoms with Crippen LogP contribution in [0.4, 0.5) is 0 Å². The fraction of sp³-hybridized carbons (Fsp3) is 0.111. The minimum Gasteiger partial charge on any atom is -0.345 e. The van der Waals surface area contributed by atoms with Crippen molar-refractivity contribution >= 4 is 46.1 Å². The molecule has 1 amide bonds. The van der Waals surface area contributed by atoms with E-state index in [-0.39, 0.29) is 11.6 Å². The van der Waals surface area contributed by atoms with E-state index in [0.29, 0.717) is 16.6 Å². The number of hydrogen-bond acceptors (Lipinski definition) is 2. The van der Waals surface area contributed by atoms with Gasteiger partial charge in [-0.3, -0.25) is 4.79 Å². The highest BCUT2D eigenvalue weighted by atomic mass is 35.5. The molecule has 0 spiro atoms. The Balaban J connectivity index is 1.64. The molecular formula is C27H21Cl2N3O. The summed E-state index contributed by atoms with van der Waals surface area (Å²) in [6, 6.07) is 24.9. The third kappa shape index (κ3) is 5.12. The van der Waals surface area contributed by atoms with Crippen LogP contribution >= 0.6 is 23.2 Å². The van der Waals surface area contributed by atoms with Crippen LogP contribution in [0.15, 0.2) is 84.6 Å². The van der Waals surface area contributed by atoms with E-state index < -0.39 is 5.91 Å². The van der Waals surface area contributed by atoms with Crippen LogP contribution in [0.25, 0.3) is 17.0 Å². The molecule has 0 aliphatic rings. The molecule has 0 bridgehead atoms. The van der Waals surface area contributed by atoms with Crippen molar-refractivity contribution < 1.29 is 4.79 Å². The number of benzene rings is 3. The van der Waals surface area contributed by atoms with Crippen molar-refractivity contribution in [2.75, 3.05) is 0 Å². The van der Waals surface area contributed by atoms with Crippen molar-refractivity contribution in [1.82, 2.24) is 9.88 Å².